The highest BCUT2D eigenvalue weighted by molar-refractivity contribution is 7.78. The van der Waals surface area contributed by atoms with Gasteiger partial charge in [-0.25, -0.2) is 4.79 Å². The van der Waals surface area contributed by atoms with Gasteiger partial charge in [-0.15, -0.1) is 13.5 Å². The van der Waals surface area contributed by atoms with Gasteiger partial charge in [-0.1, -0.05) is 64.9 Å². The van der Waals surface area contributed by atoms with Crippen LogP contribution < -0.4 is 0 Å². The maximum Gasteiger partial charge on any atom is 0.349 e. The molecule has 0 bridgehead atoms. The Morgan fingerprint density at radius 3 is 1.29 bits per heavy atom. The van der Waals surface area contributed by atoms with Gasteiger partial charge in [-0.05, 0) is 52.9 Å². The molecule has 13 nitrogen and oxygen atoms in total. The first-order chi connectivity index (χ1) is 21.8. The summed E-state index contributed by atoms with van der Waals surface area (Å²) in [5.41, 5.74) is 0.442. The van der Waals surface area contributed by atoms with E-state index in [-0.39, 0.29) is 32.4 Å². The van der Waals surface area contributed by atoms with E-state index in [0.717, 1.165) is 51.4 Å². The zero-order valence-corrected chi connectivity index (χ0v) is 30.8. The minimum absolute atomic E-state index is 0.0594. The van der Waals surface area contributed by atoms with Crippen molar-refractivity contribution >= 4 is 28.9 Å². The van der Waals surface area contributed by atoms with Crippen LogP contribution in [0, 0.1) is 0 Å². The van der Waals surface area contributed by atoms with Gasteiger partial charge in [0.05, 0.1) is 46.2 Å². The first-order valence-electron chi connectivity index (χ1n) is 16.6. The van der Waals surface area contributed by atoms with Crippen molar-refractivity contribution in [3.63, 3.8) is 0 Å². The highest BCUT2D eigenvalue weighted by atomic mass is 31.3. The number of hydrogen-bond acceptors (Lipinski definition) is 13. The van der Waals surface area contributed by atoms with Crippen LogP contribution in [0.2, 0.25) is 0 Å². The van der Waals surface area contributed by atoms with Gasteiger partial charge >= 0.3 is 28.9 Å². The summed E-state index contributed by atoms with van der Waals surface area (Å²) in [4.78, 5) is 11.4. The third-order valence-corrected chi connectivity index (χ3v) is 14.9. The second-order valence-electron chi connectivity index (χ2n) is 10.5. The predicted octanol–water partition coefficient (Wildman–Crippen LogP) is 9.17. The molecule has 0 saturated heterocycles. The molecule has 0 aliphatic carbocycles. The number of unbranched alkanes of at least 4 members (excludes halogenated alkanes) is 9. The minimum Gasteiger partial charge on any atom is -0.462 e. The Labute approximate surface area is 271 Å². The molecule has 45 heavy (non-hydrogen) atoms. The van der Waals surface area contributed by atoms with Crippen molar-refractivity contribution in [2.24, 2.45) is 13.5 Å². The largest absolute Gasteiger partial charge is 0.462 e. The monoisotopic (exact) mass is 703 g/mol. The predicted molar refractivity (Wildman–Crippen MR) is 181 cm³/mol. The van der Waals surface area contributed by atoms with Crippen LogP contribution in [0.15, 0.2) is 25.7 Å². The SMILES string of the molecule is C=C(C)C(=O)OCCCCCCCCCCCCOP1(OCCC)=NP(OCC)(OCC)=NP(OCCCO)(OCCCO)=N1. The van der Waals surface area contributed by atoms with Gasteiger partial charge in [-0.2, -0.15) is 0 Å². The van der Waals surface area contributed by atoms with Crippen molar-refractivity contribution in [2.75, 3.05) is 59.5 Å². The molecular formula is C29H60N3O10P3. The molecule has 266 valence electrons. The topological polar surface area (TPSA) is 159 Å². The molecule has 2 N–H and O–H groups in total. The molecule has 0 amide bonds. The van der Waals surface area contributed by atoms with Crippen LogP contribution in [0.5, 0.6) is 0 Å². The number of carbonyl (C=O) groups excluding carboxylic acids is 1. The lowest BCUT2D eigenvalue weighted by molar-refractivity contribution is -0.139. The zero-order chi connectivity index (χ0) is 33.3. The van der Waals surface area contributed by atoms with Crippen LogP contribution in [0.1, 0.15) is 111 Å². The standard InChI is InChI=1S/C29H60N3O10P3/c1-6-23-39-44(40-25-18-16-14-12-10-9-11-13-15-17-24-36-29(35)28(4)5)30-43(37-7-2,38-8-3)31-45(32-44,41-26-19-21-33)42-27-20-22-34/h33-34H,4,6-27H2,1-3,5H3. The molecule has 0 aromatic heterocycles. The van der Waals surface area contributed by atoms with E-state index in [1.165, 1.54) is 19.3 Å². The second-order valence-corrected chi connectivity index (χ2v) is 17.2. The molecule has 16 heteroatoms. The van der Waals surface area contributed by atoms with Crippen molar-refractivity contribution in [1.82, 2.24) is 0 Å². The maximum absolute atomic E-state index is 11.4. The van der Waals surface area contributed by atoms with Crippen LogP contribution in [0.4, 0.5) is 0 Å². The smallest absolute Gasteiger partial charge is 0.349 e. The lowest BCUT2D eigenvalue weighted by Gasteiger charge is -2.33. The highest BCUT2D eigenvalue weighted by Gasteiger charge is 2.42. The first kappa shape index (κ1) is 42.6. The summed E-state index contributed by atoms with van der Waals surface area (Å²) in [5.74, 6) is -0.310. The zero-order valence-electron chi connectivity index (χ0n) is 28.1. The van der Waals surface area contributed by atoms with Crippen molar-refractivity contribution in [2.45, 2.75) is 111 Å². The first-order valence-corrected chi connectivity index (χ1v) is 21.2. The fourth-order valence-electron chi connectivity index (χ4n) is 4.04. The summed E-state index contributed by atoms with van der Waals surface area (Å²) in [6, 6.07) is 0. The van der Waals surface area contributed by atoms with E-state index in [9.17, 15) is 15.0 Å². The molecule has 1 aliphatic heterocycles. The fourth-order valence-corrected chi connectivity index (χ4v) is 13.8. The van der Waals surface area contributed by atoms with Gasteiger partial charge < -0.3 is 42.1 Å². The average Bonchev–Trinajstić information content (AvgIpc) is 3.00. The maximum atomic E-state index is 11.4. The highest BCUT2D eigenvalue weighted by Crippen LogP contribution is 2.80. The number of hydrogen-bond donors (Lipinski definition) is 2. The van der Waals surface area contributed by atoms with Gasteiger partial charge in [0.25, 0.3) is 0 Å². The molecular weight excluding hydrogens is 643 g/mol. The number of nitrogens with zero attached hydrogens (tertiary/aromatic N) is 3. The number of rotatable bonds is 30. The van der Waals surface area contributed by atoms with E-state index in [1.54, 1.807) is 6.92 Å². The summed E-state index contributed by atoms with van der Waals surface area (Å²) in [5, 5.41) is 18.8. The Balaban J connectivity index is 2.80. The van der Waals surface area contributed by atoms with Gasteiger partial charge in [0.2, 0.25) is 0 Å². The van der Waals surface area contributed by atoms with E-state index >= 15 is 0 Å². The van der Waals surface area contributed by atoms with Crippen molar-refractivity contribution < 1.29 is 46.9 Å². The molecule has 1 aliphatic rings. The van der Waals surface area contributed by atoms with Crippen LogP contribution in [0.25, 0.3) is 0 Å². The number of aliphatic hydroxyl groups is 2. The van der Waals surface area contributed by atoms with Crippen molar-refractivity contribution in [3.05, 3.63) is 12.2 Å². The van der Waals surface area contributed by atoms with E-state index in [0.29, 0.717) is 51.4 Å². The van der Waals surface area contributed by atoms with Gasteiger partial charge in [0, 0.05) is 18.8 Å². The van der Waals surface area contributed by atoms with E-state index in [2.05, 4.69) is 6.58 Å². The third-order valence-electron chi connectivity index (χ3n) is 6.24. The van der Waals surface area contributed by atoms with Gasteiger partial charge in [-0.3, -0.25) is 0 Å². The molecule has 1 atom stereocenters. The molecule has 0 radical (unpaired) electrons. The van der Waals surface area contributed by atoms with Gasteiger partial charge in [0.15, 0.2) is 0 Å². The van der Waals surface area contributed by atoms with Crippen LogP contribution in [-0.2, 0) is 36.7 Å². The molecule has 1 heterocycles. The summed E-state index contributed by atoms with van der Waals surface area (Å²) in [7, 11) is -9.94. The average molecular weight is 704 g/mol. The Morgan fingerprint density at radius 1 is 0.556 bits per heavy atom. The molecule has 0 aromatic rings. The summed E-state index contributed by atoms with van der Waals surface area (Å²) in [6.45, 7) is 13.0. The van der Waals surface area contributed by atoms with Gasteiger partial charge in [0.1, 0.15) is 0 Å². The van der Waals surface area contributed by atoms with Crippen LogP contribution in [0.3, 0.4) is 0 Å². The Hall–Kier alpha value is -0.420. The Morgan fingerprint density at radius 2 is 0.911 bits per heavy atom. The lowest BCUT2D eigenvalue weighted by Crippen LogP contribution is -2.07. The van der Waals surface area contributed by atoms with E-state index < -0.39 is 23.0 Å². The number of carbonyl (C=O) groups is 1. The Bertz CT molecular complexity index is 973. The minimum atomic E-state index is -3.38. The van der Waals surface area contributed by atoms with E-state index in [1.807, 2.05) is 20.8 Å². The second kappa shape index (κ2) is 25.6. The molecule has 0 saturated carbocycles. The molecule has 1 rings (SSSR count). The van der Waals surface area contributed by atoms with Crippen molar-refractivity contribution in [1.29, 1.82) is 0 Å². The summed E-state index contributed by atoms with van der Waals surface area (Å²) >= 11 is 0. The molecule has 0 aromatic carbocycles. The van der Waals surface area contributed by atoms with Crippen molar-refractivity contribution in [3.8, 4) is 0 Å². The fraction of sp³-hybridized carbons (Fsp3) is 0.897. The Kier molecular flexibility index (Phi) is 24.2. The normalized spacial score (nSPS) is 18.5. The summed E-state index contributed by atoms with van der Waals surface area (Å²) < 4.78 is 56.7. The molecule has 0 spiro atoms. The van der Waals surface area contributed by atoms with Crippen LogP contribution in [-0.4, -0.2) is 75.6 Å². The number of aliphatic hydroxyl groups excluding tert-OH is 2. The number of esters is 1. The molecule has 1 unspecified atom stereocenters. The third kappa shape index (κ3) is 18.1. The quantitative estimate of drug-likeness (QED) is 0.0320. The molecule has 0 fully saturated rings. The van der Waals surface area contributed by atoms with E-state index in [4.69, 9.17) is 45.4 Å². The lowest BCUT2D eigenvalue weighted by atomic mass is 10.1. The summed E-state index contributed by atoms with van der Waals surface area (Å²) in [6.07, 6.45) is 12.2. The van der Waals surface area contributed by atoms with Crippen LogP contribution >= 0.6 is 23.0 Å². The number of ether oxygens (including phenoxy) is 1.